The van der Waals surface area contributed by atoms with Gasteiger partial charge in [-0.2, -0.15) is 0 Å². The first kappa shape index (κ1) is 19.7. The monoisotopic (exact) mass is 417 g/mol. The van der Waals surface area contributed by atoms with Crippen molar-refractivity contribution < 1.29 is 9.90 Å². The van der Waals surface area contributed by atoms with Crippen molar-refractivity contribution in [3.05, 3.63) is 89.2 Å². The van der Waals surface area contributed by atoms with E-state index in [9.17, 15) is 9.90 Å². The van der Waals surface area contributed by atoms with Gasteiger partial charge in [0.1, 0.15) is 22.7 Å². The van der Waals surface area contributed by atoms with Gasteiger partial charge in [-0.1, -0.05) is 35.9 Å². The zero-order valence-electron chi connectivity index (χ0n) is 16.1. The lowest BCUT2D eigenvalue weighted by Gasteiger charge is -2.12. The van der Waals surface area contributed by atoms with Crippen LogP contribution in [0, 0.1) is 6.92 Å². The number of urea groups is 1. The van der Waals surface area contributed by atoms with Crippen LogP contribution >= 0.6 is 11.3 Å². The maximum atomic E-state index is 12.3. The number of pyridine rings is 2. The second-order valence-electron chi connectivity index (χ2n) is 6.61. The predicted octanol–water partition coefficient (Wildman–Crippen LogP) is 4.63. The molecule has 0 aliphatic heterocycles. The first-order valence-corrected chi connectivity index (χ1v) is 10.1. The highest BCUT2D eigenvalue weighted by Gasteiger charge is 2.14. The Morgan fingerprint density at radius 3 is 2.47 bits per heavy atom. The number of aromatic nitrogens is 3. The molecule has 4 rings (SSSR count). The van der Waals surface area contributed by atoms with Crippen LogP contribution in [0.5, 0.6) is 0 Å². The van der Waals surface area contributed by atoms with Crippen LogP contribution in [0.2, 0.25) is 0 Å². The third-order valence-corrected chi connectivity index (χ3v) is 5.25. The van der Waals surface area contributed by atoms with Gasteiger partial charge in [-0.15, -0.1) is 11.3 Å². The van der Waals surface area contributed by atoms with Crippen molar-refractivity contribution in [2.45, 2.75) is 13.0 Å². The molecule has 8 heteroatoms. The van der Waals surface area contributed by atoms with Gasteiger partial charge in [0.25, 0.3) is 0 Å². The maximum absolute atomic E-state index is 12.3. The molecule has 3 heterocycles. The maximum Gasteiger partial charge on any atom is 0.326 e. The molecule has 2 amide bonds. The molecule has 0 spiro atoms. The van der Waals surface area contributed by atoms with E-state index in [1.165, 1.54) is 11.3 Å². The molecule has 3 aromatic heterocycles. The number of thiazole rings is 1. The van der Waals surface area contributed by atoms with Gasteiger partial charge in [0.05, 0.1) is 5.69 Å². The smallest absolute Gasteiger partial charge is 0.326 e. The zero-order valence-corrected chi connectivity index (χ0v) is 16.9. The summed E-state index contributed by atoms with van der Waals surface area (Å²) in [6, 6.07) is 16.0. The van der Waals surface area contributed by atoms with Crippen molar-refractivity contribution >= 4 is 29.0 Å². The van der Waals surface area contributed by atoms with Crippen molar-refractivity contribution in [2.24, 2.45) is 0 Å². The summed E-state index contributed by atoms with van der Waals surface area (Å²) >= 11 is 1.43. The minimum atomic E-state index is -0.878. The summed E-state index contributed by atoms with van der Waals surface area (Å²) in [4.78, 5) is 25.1. The van der Waals surface area contributed by atoms with Crippen molar-refractivity contribution in [2.75, 3.05) is 10.6 Å². The van der Waals surface area contributed by atoms with Gasteiger partial charge in [0.2, 0.25) is 0 Å². The van der Waals surface area contributed by atoms with E-state index in [4.69, 9.17) is 0 Å². The van der Waals surface area contributed by atoms with Crippen molar-refractivity contribution in [1.82, 2.24) is 15.0 Å². The van der Waals surface area contributed by atoms with E-state index in [0.29, 0.717) is 17.3 Å². The quantitative estimate of drug-likeness (QED) is 0.439. The second-order valence-corrected chi connectivity index (χ2v) is 7.47. The molecule has 0 bridgehead atoms. The van der Waals surface area contributed by atoms with Crippen molar-refractivity contribution in [3.8, 4) is 10.6 Å². The SMILES string of the molecule is Cc1ccc(C(O)c2cccc(NC(=O)Nc3csc(-c4ccncc4)n3)n2)cc1. The molecule has 0 radical (unpaired) electrons. The number of carbonyl (C=O) groups excluding carboxylic acids is 1. The van der Waals surface area contributed by atoms with Gasteiger partial charge in [0, 0.05) is 23.3 Å². The Hall–Kier alpha value is -3.62. The molecule has 0 fully saturated rings. The Balaban J connectivity index is 1.42. The lowest BCUT2D eigenvalue weighted by atomic mass is 10.0. The largest absolute Gasteiger partial charge is 0.382 e. The number of anilines is 2. The van der Waals surface area contributed by atoms with Crippen LogP contribution < -0.4 is 10.6 Å². The Kier molecular flexibility index (Phi) is 5.78. The Morgan fingerprint density at radius 1 is 0.967 bits per heavy atom. The van der Waals surface area contributed by atoms with Gasteiger partial charge in [-0.3, -0.25) is 15.6 Å². The number of nitrogens with zero attached hydrogens (tertiary/aromatic N) is 3. The lowest BCUT2D eigenvalue weighted by Crippen LogP contribution is -2.20. The number of carbonyl (C=O) groups is 1. The number of aliphatic hydroxyl groups is 1. The standard InChI is InChI=1S/C22H19N5O2S/c1-14-5-7-15(8-6-14)20(28)17-3-2-4-18(24-17)26-22(29)27-19-13-30-21(25-19)16-9-11-23-12-10-16/h2-13,20,28H,1H3,(H2,24,26,27,29). The van der Waals surface area contributed by atoms with Crippen LogP contribution in [0.15, 0.2) is 72.4 Å². The molecule has 30 heavy (non-hydrogen) atoms. The van der Waals surface area contributed by atoms with Crippen LogP contribution in [0.4, 0.5) is 16.4 Å². The molecule has 1 aromatic carbocycles. The molecule has 0 aliphatic rings. The van der Waals surface area contributed by atoms with Gasteiger partial charge in [-0.25, -0.2) is 14.8 Å². The average molecular weight is 417 g/mol. The Bertz CT molecular complexity index is 1150. The number of aliphatic hydroxyl groups excluding tert-OH is 1. The third kappa shape index (κ3) is 4.68. The third-order valence-electron chi connectivity index (χ3n) is 4.36. The fraction of sp³-hybridized carbons (Fsp3) is 0.0909. The number of aryl methyl sites for hydroxylation is 1. The fourth-order valence-electron chi connectivity index (χ4n) is 2.81. The van der Waals surface area contributed by atoms with E-state index >= 15 is 0 Å². The van der Waals surface area contributed by atoms with Gasteiger partial charge in [0.15, 0.2) is 0 Å². The van der Waals surface area contributed by atoms with Crippen LogP contribution in [0.1, 0.15) is 22.9 Å². The Morgan fingerprint density at radius 2 is 1.70 bits per heavy atom. The molecule has 3 N–H and O–H groups in total. The summed E-state index contributed by atoms with van der Waals surface area (Å²) in [5.74, 6) is 0.779. The topological polar surface area (TPSA) is 100 Å². The van der Waals surface area contributed by atoms with E-state index < -0.39 is 12.1 Å². The minimum Gasteiger partial charge on any atom is -0.382 e. The van der Waals surface area contributed by atoms with Crippen LogP contribution in [0.25, 0.3) is 10.6 Å². The number of rotatable bonds is 5. The predicted molar refractivity (Wildman–Crippen MR) is 117 cm³/mol. The minimum absolute atomic E-state index is 0.334. The molecular weight excluding hydrogens is 398 g/mol. The first-order chi connectivity index (χ1) is 14.6. The highest BCUT2D eigenvalue weighted by molar-refractivity contribution is 7.13. The summed E-state index contributed by atoms with van der Waals surface area (Å²) in [6.07, 6.45) is 2.51. The van der Waals surface area contributed by atoms with E-state index in [0.717, 1.165) is 21.7 Å². The molecule has 0 saturated heterocycles. The summed E-state index contributed by atoms with van der Waals surface area (Å²) in [6.45, 7) is 1.99. The molecular formula is C22H19N5O2S. The summed E-state index contributed by atoms with van der Waals surface area (Å²) < 4.78 is 0. The van der Waals surface area contributed by atoms with Gasteiger partial charge < -0.3 is 5.11 Å². The number of nitrogens with one attached hydrogen (secondary N) is 2. The molecule has 4 aromatic rings. The van der Waals surface area contributed by atoms with E-state index in [1.54, 1.807) is 36.0 Å². The van der Waals surface area contributed by atoms with E-state index in [1.807, 2.05) is 43.3 Å². The van der Waals surface area contributed by atoms with Gasteiger partial charge in [-0.05, 0) is 36.8 Å². The van der Waals surface area contributed by atoms with Crippen LogP contribution in [0.3, 0.4) is 0 Å². The molecule has 0 saturated carbocycles. The molecule has 1 atom stereocenters. The number of hydrogen-bond donors (Lipinski definition) is 3. The zero-order chi connectivity index (χ0) is 20.9. The normalized spacial score (nSPS) is 11.7. The van der Waals surface area contributed by atoms with Crippen molar-refractivity contribution in [3.63, 3.8) is 0 Å². The van der Waals surface area contributed by atoms with Crippen LogP contribution in [-0.2, 0) is 0 Å². The first-order valence-electron chi connectivity index (χ1n) is 9.24. The van der Waals surface area contributed by atoms with Crippen LogP contribution in [-0.4, -0.2) is 26.1 Å². The molecule has 1 unspecified atom stereocenters. The second kappa shape index (κ2) is 8.81. The number of hydrogen-bond acceptors (Lipinski definition) is 6. The fourth-order valence-corrected chi connectivity index (χ4v) is 3.57. The number of benzene rings is 1. The van der Waals surface area contributed by atoms with Crippen molar-refractivity contribution in [1.29, 1.82) is 0 Å². The highest BCUT2D eigenvalue weighted by Crippen LogP contribution is 2.25. The molecule has 7 nitrogen and oxygen atoms in total. The Labute approximate surface area is 177 Å². The van der Waals surface area contributed by atoms with E-state index in [-0.39, 0.29) is 0 Å². The summed E-state index contributed by atoms with van der Waals surface area (Å²) in [5, 5.41) is 18.5. The summed E-state index contributed by atoms with van der Waals surface area (Å²) in [5.41, 5.74) is 3.23. The van der Waals surface area contributed by atoms with Gasteiger partial charge >= 0.3 is 6.03 Å². The highest BCUT2D eigenvalue weighted by atomic mass is 32.1. The molecule has 0 aliphatic carbocycles. The van der Waals surface area contributed by atoms with E-state index in [2.05, 4.69) is 25.6 Å². The summed E-state index contributed by atoms with van der Waals surface area (Å²) in [7, 11) is 0. The lowest BCUT2D eigenvalue weighted by molar-refractivity contribution is 0.215. The average Bonchev–Trinajstić information content (AvgIpc) is 3.23. The number of amides is 2. The molecule has 150 valence electrons.